The molecular formula is C20H23NO5S. The maximum atomic E-state index is 12.3. The molecule has 7 heteroatoms. The molecule has 2 N–H and O–H groups in total. The SMILES string of the molecule is COC(=O)c1c(-c2ccc(C(C)(C)C)cc2)csc1NC(=O)CCC(=O)O. The molecule has 0 unspecified atom stereocenters. The third-order valence-corrected chi connectivity index (χ3v) is 4.96. The first-order chi connectivity index (χ1) is 12.6. The number of thiophene rings is 1. The Bertz CT molecular complexity index is 846. The molecule has 0 aliphatic carbocycles. The van der Waals surface area contributed by atoms with Gasteiger partial charge in [0.2, 0.25) is 5.91 Å². The van der Waals surface area contributed by atoms with Crippen LogP contribution in [0.15, 0.2) is 29.6 Å². The van der Waals surface area contributed by atoms with Gasteiger partial charge in [0.15, 0.2) is 0 Å². The first kappa shape index (κ1) is 20.6. The van der Waals surface area contributed by atoms with Gasteiger partial charge in [-0.1, -0.05) is 45.0 Å². The molecule has 1 heterocycles. The number of ether oxygens (including phenoxy) is 1. The molecule has 0 atom stereocenters. The number of carbonyl (C=O) groups is 3. The number of aliphatic carboxylic acids is 1. The highest BCUT2D eigenvalue weighted by Gasteiger charge is 2.23. The standard InChI is InChI=1S/C20H23NO5S/c1-20(2,3)13-7-5-12(6-8-13)14-11-27-18(17(14)19(25)26-4)21-15(22)9-10-16(23)24/h5-8,11H,9-10H2,1-4H3,(H,21,22)(H,23,24). The van der Waals surface area contributed by atoms with Crippen molar-refractivity contribution in [2.75, 3.05) is 12.4 Å². The Hall–Kier alpha value is -2.67. The molecule has 0 saturated heterocycles. The molecule has 2 aromatic rings. The van der Waals surface area contributed by atoms with E-state index < -0.39 is 17.8 Å². The van der Waals surface area contributed by atoms with E-state index in [-0.39, 0.29) is 23.8 Å². The van der Waals surface area contributed by atoms with E-state index in [0.29, 0.717) is 10.6 Å². The van der Waals surface area contributed by atoms with Crippen molar-refractivity contribution < 1.29 is 24.2 Å². The van der Waals surface area contributed by atoms with Gasteiger partial charge in [0.05, 0.1) is 13.5 Å². The monoisotopic (exact) mass is 389 g/mol. The summed E-state index contributed by atoms with van der Waals surface area (Å²) in [6.07, 6.45) is -0.435. The van der Waals surface area contributed by atoms with Gasteiger partial charge in [0, 0.05) is 17.4 Å². The predicted molar refractivity (Wildman–Crippen MR) is 105 cm³/mol. The van der Waals surface area contributed by atoms with Crippen LogP contribution in [-0.4, -0.2) is 30.1 Å². The van der Waals surface area contributed by atoms with E-state index in [0.717, 1.165) is 5.56 Å². The molecule has 1 aromatic carbocycles. The Labute approximate surface area is 162 Å². The second kappa shape index (κ2) is 8.35. The number of carbonyl (C=O) groups excluding carboxylic acids is 2. The Morgan fingerprint density at radius 3 is 2.26 bits per heavy atom. The lowest BCUT2D eigenvalue weighted by Gasteiger charge is -2.19. The number of carboxylic acids is 1. The summed E-state index contributed by atoms with van der Waals surface area (Å²) in [5.74, 6) is -2.07. The van der Waals surface area contributed by atoms with Crippen molar-refractivity contribution in [2.45, 2.75) is 39.0 Å². The van der Waals surface area contributed by atoms with Crippen LogP contribution in [0.5, 0.6) is 0 Å². The van der Waals surface area contributed by atoms with E-state index in [1.54, 1.807) is 5.38 Å². The van der Waals surface area contributed by atoms with Crippen molar-refractivity contribution in [1.82, 2.24) is 0 Å². The van der Waals surface area contributed by atoms with Crippen molar-refractivity contribution >= 4 is 34.2 Å². The zero-order valence-electron chi connectivity index (χ0n) is 15.8. The zero-order chi connectivity index (χ0) is 20.2. The molecule has 1 aromatic heterocycles. The molecular weight excluding hydrogens is 366 g/mol. The Morgan fingerprint density at radius 1 is 1.11 bits per heavy atom. The molecule has 1 amide bonds. The third kappa shape index (κ3) is 5.17. The van der Waals surface area contributed by atoms with Gasteiger partial charge in [-0.25, -0.2) is 4.79 Å². The number of anilines is 1. The minimum Gasteiger partial charge on any atom is -0.481 e. The predicted octanol–water partition coefficient (Wildman–Crippen LogP) is 4.30. The molecule has 27 heavy (non-hydrogen) atoms. The summed E-state index contributed by atoms with van der Waals surface area (Å²) >= 11 is 1.21. The van der Waals surface area contributed by atoms with Crippen LogP contribution in [-0.2, 0) is 19.7 Å². The van der Waals surface area contributed by atoms with E-state index in [4.69, 9.17) is 9.84 Å². The number of nitrogens with one attached hydrogen (secondary N) is 1. The van der Waals surface area contributed by atoms with Crippen molar-refractivity contribution in [3.63, 3.8) is 0 Å². The molecule has 0 spiro atoms. The number of hydrogen-bond acceptors (Lipinski definition) is 5. The molecule has 0 fully saturated rings. The van der Waals surface area contributed by atoms with Crippen molar-refractivity contribution in [2.24, 2.45) is 0 Å². The van der Waals surface area contributed by atoms with Crippen LogP contribution in [0.1, 0.15) is 49.5 Å². The van der Waals surface area contributed by atoms with E-state index in [1.165, 1.54) is 24.0 Å². The van der Waals surface area contributed by atoms with E-state index in [9.17, 15) is 14.4 Å². The van der Waals surface area contributed by atoms with E-state index in [1.807, 2.05) is 24.3 Å². The lowest BCUT2D eigenvalue weighted by Crippen LogP contribution is -2.15. The van der Waals surface area contributed by atoms with Gasteiger partial charge in [-0.2, -0.15) is 0 Å². The van der Waals surface area contributed by atoms with Gasteiger partial charge >= 0.3 is 11.9 Å². The number of carboxylic acid groups (broad SMARTS) is 1. The largest absolute Gasteiger partial charge is 0.481 e. The average molecular weight is 389 g/mol. The van der Waals surface area contributed by atoms with Gasteiger partial charge in [-0.05, 0) is 16.5 Å². The highest BCUT2D eigenvalue weighted by atomic mass is 32.1. The first-order valence-corrected chi connectivity index (χ1v) is 9.33. The zero-order valence-corrected chi connectivity index (χ0v) is 16.6. The Balaban J connectivity index is 2.35. The van der Waals surface area contributed by atoms with Crippen LogP contribution in [0.25, 0.3) is 11.1 Å². The number of amides is 1. The Kier molecular flexibility index (Phi) is 6.38. The summed E-state index contributed by atoms with van der Waals surface area (Å²) in [6, 6.07) is 7.90. The minimum atomic E-state index is -1.05. The van der Waals surface area contributed by atoms with Crippen LogP contribution in [0, 0.1) is 0 Å². The third-order valence-electron chi connectivity index (χ3n) is 4.06. The fraction of sp³-hybridized carbons (Fsp3) is 0.350. The maximum absolute atomic E-state index is 12.3. The fourth-order valence-electron chi connectivity index (χ4n) is 2.53. The number of rotatable bonds is 6. The Morgan fingerprint density at radius 2 is 1.74 bits per heavy atom. The second-order valence-corrected chi connectivity index (χ2v) is 7.99. The topological polar surface area (TPSA) is 92.7 Å². The van der Waals surface area contributed by atoms with Crippen molar-refractivity contribution in [3.8, 4) is 11.1 Å². The summed E-state index contributed by atoms with van der Waals surface area (Å²) in [6.45, 7) is 6.37. The summed E-state index contributed by atoms with van der Waals surface area (Å²) in [5, 5.41) is 13.4. The highest BCUT2D eigenvalue weighted by Crippen LogP contribution is 2.37. The maximum Gasteiger partial charge on any atom is 0.341 e. The second-order valence-electron chi connectivity index (χ2n) is 7.11. The van der Waals surface area contributed by atoms with Gasteiger partial charge in [0.25, 0.3) is 0 Å². The van der Waals surface area contributed by atoms with Gasteiger partial charge in [-0.3, -0.25) is 9.59 Å². The van der Waals surface area contributed by atoms with E-state index in [2.05, 4.69) is 26.1 Å². The molecule has 2 rings (SSSR count). The number of hydrogen-bond donors (Lipinski definition) is 2. The summed E-state index contributed by atoms with van der Waals surface area (Å²) in [5.41, 5.74) is 2.96. The van der Waals surface area contributed by atoms with Crippen LogP contribution >= 0.6 is 11.3 Å². The number of esters is 1. The molecule has 6 nitrogen and oxygen atoms in total. The van der Waals surface area contributed by atoms with Crippen LogP contribution < -0.4 is 5.32 Å². The highest BCUT2D eigenvalue weighted by molar-refractivity contribution is 7.15. The molecule has 144 valence electrons. The molecule has 0 aliphatic heterocycles. The molecule has 0 saturated carbocycles. The van der Waals surface area contributed by atoms with Gasteiger partial charge in [0.1, 0.15) is 10.6 Å². The summed E-state index contributed by atoms with van der Waals surface area (Å²) < 4.78 is 4.88. The van der Waals surface area contributed by atoms with Crippen LogP contribution in [0.2, 0.25) is 0 Å². The quantitative estimate of drug-likeness (QED) is 0.719. The fourth-order valence-corrected chi connectivity index (χ4v) is 3.50. The van der Waals surface area contributed by atoms with Crippen molar-refractivity contribution in [3.05, 3.63) is 40.8 Å². The lowest BCUT2D eigenvalue weighted by atomic mass is 9.86. The number of benzene rings is 1. The minimum absolute atomic E-state index is 0.0155. The molecule has 0 radical (unpaired) electrons. The lowest BCUT2D eigenvalue weighted by molar-refractivity contribution is -0.138. The number of methoxy groups -OCH3 is 1. The van der Waals surface area contributed by atoms with Gasteiger partial charge < -0.3 is 15.2 Å². The summed E-state index contributed by atoms with van der Waals surface area (Å²) in [4.78, 5) is 34.9. The van der Waals surface area contributed by atoms with E-state index >= 15 is 0 Å². The average Bonchev–Trinajstić information content (AvgIpc) is 3.02. The smallest absolute Gasteiger partial charge is 0.341 e. The normalized spacial score (nSPS) is 11.1. The molecule has 0 bridgehead atoms. The van der Waals surface area contributed by atoms with Crippen LogP contribution in [0.4, 0.5) is 5.00 Å². The summed E-state index contributed by atoms with van der Waals surface area (Å²) in [7, 11) is 1.28. The van der Waals surface area contributed by atoms with Crippen LogP contribution in [0.3, 0.4) is 0 Å². The van der Waals surface area contributed by atoms with Gasteiger partial charge in [-0.15, -0.1) is 11.3 Å². The molecule has 0 aliphatic rings. The van der Waals surface area contributed by atoms with Crippen molar-refractivity contribution in [1.29, 1.82) is 0 Å². The first-order valence-electron chi connectivity index (χ1n) is 8.46.